The van der Waals surface area contributed by atoms with Crippen molar-refractivity contribution in [2.75, 3.05) is 6.54 Å². The van der Waals surface area contributed by atoms with Crippen molar-refractivity contribution < 1.29 is 4.79 Å². The summed E-state index contributed by atoms with van der Waals surface area (Å²) in [6, 6.07) is 3.86. The first kappa shape index (κ1) is 15.6. The van der Waals surface area contributed by atoms with Crippen molar-refractivity contribution in [3.8, 4) is 0 Å². The van der Waals surface area contributed by atoms with Crippen LogP contribution >= 0.6 is 0 Å². The van der Waals surface area contributed by atoms with Crippen LogP contribution in [-0.4, -0.2) is 37.1 Å². The Balaban J connectivity index is 1.78. The van der Waals surface area contributed by atoms with Crippen LogP contribution in [-0.2, 0) is 17.8 Å². The van der Waals surface area contributed by atoms with Gasteiger partial charge in [0.15, 0.2) is 5.82 Å². The summed E-state index contributed by atoms with van der Waals surface area (Å²) in [5, 5.41) is 8.36. The fraction of sp³-hybridized carbons (Fsp3) is 0.529. The Morgan fingerprint density at radius 3 is 3.09 bits per heavy atom. The van der Waals surface area contributed by atoms with E-state index in [0.29, 0.717) is 6.42 Å². The van der Waals surface area contributed by atoms with Crippen LogP contribution in [0.15, 0.2) is 30.9 Å². The number of rotatable bonds is 5. The lowest BCUT2D eigenvalue weighted by Crippen LogP contribution is -2.40. The molecule has 1 aliphatic rings. The molecular weight excluding hydrogens is 290 g/mol. The van der Waals surface area contributed by atoms with E-state index < -0.39 is 0 Å². The van der Waals surface area contributed by atoms with Crippen LogP contribution in [0, 0.1) is 0 Å². The maximum atomic E-state index is 12.8. The molecule has 1 atom stereocenters. The summed E-state index contributed by atoms with van der Waals surface area (Å²) in [7, 11) is 0. The van der Waals surface area contributed by atoms with Crippen molar-refractivity contribution in [2.24, 2.45) is 0 Å². The van der Waals surface area contributed by atoms with Crippen molar-refractivity contribution in [1.29, 1.82) is 0 Å². The number of carbonyl (C=O) groups excluding carboxylic acids is 1. The summed E-state index contributed by atoms with van der Waals surface area (Å²) in [4.78, 5) is 18.9. The summed E-state index contributed by atoms with van der Waals surface area (Å²) in [5.41, 5.74) is 0.955. The van der Waals surface area contributed by atoms with Crippen molar-refractivity contribution in [3.63, 3.8) is 0 Å². The summed E-state index contributed by atoms with van der Waals surface area (Å²) in [5.74, 6) is 1.07. The fourth-order valence-electron chi connectivity index (χ4n) is 3.21. The molecule has 0 aromatic carbocycles. The molecule has 122 valence electrons. The second kappa shape index (κ2) is 7.35. The van der Waals surface area contributed by atoms with E-state index in [-0.39, 0.29) is 11.9 Å². The highest BCUT2D eigenvalue weighted by molar-refractivity contribution is 5.79. The van der Waals surface area contributed by atoms with Gasteiger partial charge in [0.05, 0.1) is 12.5 Å². The number of nitrogens with zero attached hydrogens (tertiary/aromatic N) is 5. The second-order valence-corrected chi connectivity index (χ2v) is 6.02. The molecule has 0 saturated carbocycles. The molecule has 0 radical (unpaired) electrons. The average molecular weight is 313 g/mol. The Morgan fingerprint density at radius 2 is 2.30 bits per heavy atom. The molecule has 0 bridgehead atoms. The minimum atomic E-state index is 0.0435. The van der Waals surface area contributed by atoms with Gasteiger partial charge in [-0.3, -0.25) is 9.78 Å². The Kier molecular flexibility index (Phi) is 5.00. The highest BCUT2D eigenvalue weighted by atomic mass is 16.2. The van der Waals surface area contributed by atoms with Crippen LogP contribution in [0.4, 0.5) is 0 Å². The maximum absolute atomic E-state index is 12.8. The topological polar surface area (TPSA) is 63.9 Å². The Hall–Kier alpha value is -2.24. The molecule has 3 rings (SSSR count). The van der Waals surface area contributed by atoms with Crippen LogP contribution in [0.25, 0.3) is 0 Å². The Morgan fingerprint density at radius 1 is 1.39 bits per heavy atom. The first-order valence-electron chi connectivity index (χ1n) is 8.35. The molecule has 6 nitrogen and oxygen atoms in total. The van der Waals surface area contributed by atoms with Crippen LogP contribution in [0.1, 0.15) is 50.0 Å². The highest BCUT2D eigenvalue weighted by Crippen LogP contribution is 2.30. The summed E-state index contributed by atoms with van der Waals surface area (Å²) in [6.07, 6.45) is 9.82. The smallest absolute Gasteiger partial charge is 0.227 e. The third-order valence-electron chi connectivity index (χ3n) is 4.31. The quantitative estimate of drug-likeness (QED) is 0.850. The third-order valence-corrected chi connectivity index (χ3v) is 4.31. The van der Waals surface area contributed by atoms with E-state index >= 15 is 0 Å². The van der Waals surface area contributed by atoms with Gasteiger partial charge in [-0.05, 0) is 37.3 Å². The van der Waals surface area contributed by atoms with Gasteiger partial charge in [-0.1, -0.05) is 13.0 Å². The van der Waals surface area contributed by atoms with Gasteiger partial charge < -0.3 is 9.47 Å². The molecule has 23 heavy (non-hydrogen) atoms. The van der Waals surface area contributed by atoms with Crippen LogP contribution in [0.3, 0.4) is 0 Å². The van der Waals surface area contributed by atoms with Gasteiger partial charge in [0.2, 0.25) is 5.91 Å². The zero-order chi connectivity index (χ0) is 16.1. The van der Waals surface area contributed by atoms with Crippen molar-refractivity contribution >= 4 is 5.91 Å². The number of aromatic nitrogens is 4. The summed E-state index contributed by atoms with van der Waals surface area (Å²) < 4.78 is 2.08. The van der Waals surface area contributed by atoms with Gasteiger partial charge >= 0.3 is 0 Å². The van der Waals surface area contributed by atoms with E-state index in [4.69, 9.17) is 0 Å². The van der Waals surface area contributed by atoms with Gasteiger partial charge in [0, 0.05) is 25.5 Å². The molecule has 0 spiro atoms. The lowest BCUT2D eigenvalue weighted by Gasteiger charge is -2.35. The lowest BCUT2D eigenvalue weighted by molar-refractivity contribution is -0.134. The van der Waals surface area contributed by atoms with E-state index in [2.05, 4.69) is 26.7 Å². The molecule has 1 aliphatic heterocycles. The average Bonchev–Trinajstić information content (AvgIpc) is 3.04. The van der Waals surface area contributed by atoms with Crippen LogP contribution in [0.5, 0.6) is 0 Å². The predicted octanol–water partition coefficient (Wildman–Crippen LogP) is 2.38. The SMILES string of the molecule is CCCn1cnnc1C1CCCCN1C(=O)Cc1cccnc1. The van der Waals surface area contributed by atoms with Crippen LogP contribution in [0.2, 0.25) is 0 Å². The van der Waals surface area contributed by atoms with Crippen molar-refractivity contribution in [1.82, 2.24) is 24.6 Å². The highest BCUT2D eigenvalue weighted by Gasteiger charge is 2.31. The third kappa shape index (κ3) is 3.57. The molecule has 1 unspecified atom stereocenters. The molecule has 0 N–H and O–H groups in total. The van der Waals surface area contributed by atoms with Gasteiger partial charge in [-0.15, -0.1) is 10.2 Å². The number of pyridine rings is 1. The zero-order valence-electron chi connectivity index (χ0n) is 13.6. The largest absolute Gasteiger partial charge is 0.332 e. The Labute approximate surface area is 136 Å². The maximum Gasteiger partial charge on any atom is 0.227 e. The van der Waals surface area contributed by atoms with Crippen molar-refractivity contribution in [3.05, 3.63) is 42.2 Å². The molecule has 1 fully saturated rings. The van der Waals surface area contributed by atoms with E-state index in [0.717, 1.165) is 50.2 Å². The minimum Gasteiger partial charge on any atom is -0.332 e. The van der Waals surface area contributed by atoms with Gasteiger partial charge in [0.1, 0.15) is 6.33 Å². The van der Waals surface area contributed by atoms with Crippen LogP contribution < -0.4 is 0 Å². The van der Waals surface area contributed by atoms with E-state index in [1.807, 2.05) is 17.0 Å². The molecule has 6 heteroatoms. The normalized spacial score (nSPS) is 18.1. The molecule has 2 aromatic rings. The standard InChI is InChI=1S/C17H23N5O/c1-2-9-21-13-19-20-17(21)15-7-3-4-10-22(15)16(23)11-14-6-5-8-18-12-14/h5-6,8,12-13,15H,2-4,7,9-11H2,1H3. The summed E-state index contributed by atoms with van der Waals surface area (Å²) in [6.45, 7) is 3.82. The number of aryl methyl sites for hydroxylation is 1. The molecular formula is C17H23N5O. The zero-order valence-corrected chi connectivity index (χ0v) is 13.6. The molecule has 0 aliphatic carbocycles. The van der Waals surface area contributed by atoms with Gasteiger partial charge in [-0.25, -0.2) is 0 Å². The number of piperidine rings is 1. The van der Waals surface area contributed by atoms with Gasteiger partial charge in [-0.2, -0.15) is 0 Å². The monoisotopic (exact) mass is 313 g/mol. The number of amides is 1. The second-order valence-electron chi connectivity index (χ2n) is 6.02. The van der Waals surface area contributed by atoms with E-state index in [9.17, 15) is 4.79 Å². The number of hydrogen-bond donors (Lipinski definition) is 0. The van der Waals surface area contributed by atoms with Gasteiger partial charge in [0.25, 0.3) is 0 Å². The lowest BCUT2D eigenvalue weighted by atomic mass is 10.00. The molecule has 1 saturated heterocycles. The first-order valence-corrected chi connectivity index (χ1v) is 8.35. The van der Waals surface area contributed by atoms with E-state index in [1.165, 1.54) is 0 Å². The van der Waals surface area contributed by atoms with E-state index in [1.54, 1.807) is 18.7 Å². The number of hydrogen-bond acceptors (Lipinski definition) is 4. The number of carbonyl (C=O) groups is 1. The first-order chi connectivity index (χ1) is 11.3. The number of likely N-dealkylation sites (tertiary alicyclic amines) is 1. The predicted molar refractivity (Wildman–Crippen MR) is 86.6 cm³/mol. The fourth-order valence-corrected chi connectivity index (χ4v) is 3.21. The molecule has 1 amide bonds. The minimum absolute atomic E-state index is 0.0435. The molecule has 2 aromatic heterocycles. The Bertz CT molecular complexity index is 639. The van der Waals surface area contributed by atoms with Crippen molar-refractivity contribution in [2.45, 2.75) is 51.6 Å². The summed E-state index contributed by atoms with van der Waals surface area (Å²) >= 11 is 0. The molecule has 3 heterocycles.